The number of benzene rings is 3. The average molecular weight is 994 g/mol. The number of rotatable bonds is 24. The third-order valence-corrected chi connectivity index (χ3v) is 15.4. The summed E-state index contributed by atoms with van der Waals surface area (Å²) in [5.74, 6) is -12.6. The first-order valence-corrected chi connectivity index (χ1v) is 23.4. The van der Waals surface area contributed by atoms with Crippen LogP contribution < -0.4 is 10.1 Å². The third kappa shape index (κ3) is 12.5. The summed E-state index contributed by atoms with van der Waals surface area (Å²) in [7, 11) is -8.73. The Bertz CT molecular complexity index is 2100. The van der Waals surface area contributed by atoms with Crippen molar-refractivity contribution in [3.05, 3.63) is 104 Å². The van der Waals surface area contributed by atoms with Crippen molar-refractivity contribution in [1.82, 2.24) is 10.2 Å². The number of hydrogen-bond donors (Lipinski definition) is 1. The fraction of sp³-hybridized carbons (Fsp3) is 0.436. The molecule has 1 aliphatic rings. The number of likely N-dealkylation sites (tertiary alicyclic amines) is 1. The van der Waals surface area contributed by atoms with Crippen LogP contribution in [0.4, 0.5) is 22.0 Å². The molecule has 0 radical (unpaired) electrons. The second-order valence-corrected chi connectivity index (χ2v) is 18.9. The van der Waals surface area contributed by atoms with Crippen molar-refractivity contribution < 1.29 is 87.7 Å². The monoisotopic (exact) mass is 992 g/mol. The van der Waals surface area contributed by atoms with Crippen molar-refractivity contribution in [2.45, 2.75) is 65.6 Å². The number of piperidine rings is 1. The van der Waals surface area contributed by atoms with Crippen molar-refractivity contribution in [2.24, 2.45) is 0 Å². The predicted octanol–water partition coefficient (Wildman–Crippen LogP) is 9.53. The smallest absolute Gasteiger partial charge is 0.489 e. The average Bonchev–Trinajstić information content (AvgIpc) is 3.29. The van der Waals surface area contributed by atoms with Gasteiger partial charge in [0.2, 0.25) is 17.6 Å². The normalized spacial score (nSPS) is 14.6. The molecule has 1 heterocycles. The molecule has 3 aromatic carbocycles. The molecule has 2 amide bonds. The zero-order chi connectivity index (χ0) is 47.2. The van der Waals surface area contributed by atoms with E-state index in [2.05, 4.69) is 5.32 Å². The van der Waals surface area contributed by atoms with Crippen LogP contribution in [0.25, 0.3) is 6.08 Å². The van der Waals surface area contributed by atoms with Gasteiger partial charge in [0.15, 0.2) is 23.3 Å². The number of carbonyl (C=O) groups excluding carboxylic acids is 2. The van der Waals surface area contributed by atoms with Gasteiger partial charge < -0.3 is 15.0 Å². The Morgan fingerprint density at radius 3 is 1.67 bits per heavy atom. The summed E-state index contributed by atoms with van der Waals surface area (Å²) in [4.78, 5) is 49.0. The summed E-state index contributed by atoms with van der Waals surface area (Å²) >= 11 is 12.5. The zero-order valence-electron chi connectivity index (χ0n) is 35.2. The molecule has 1 saturated heterocycles. The first-order chi connectivity index (χ1) is 30.4. The van der Waals surface area contributed by atoms with Gasteiger partial charge in [-0.25, -0.2) is 41.5 Å². The van der Waals surface area contributed by atoms with Gasteiger partial charge in [-0.1, -0.05) is 60.1 Å². The molecule has 1 fully saturated rings. The van der Waals surface area contributed by atoms with Crippen molar-refractivity contribution >= 4 is 56.6 Å². The molecule has 64 heavy (non-hydrogen) atoms. The Labute approximate surface area is 375 Å². The van der Waals surface area contributed by atoms with E-state index in [0.29, 0.717) is 39.1 Å². The lowest BCUT2D eigenvalue weighted by molar-refractivity contribution is -0.742. The van der Waals surface area contributed by atoms with Crippen LogP contribution in [0.1, 0.15) is 57.2 Å². The van der Waals surface area contributed by atoms with E-state index in [0.717, 1.165) is 7.05 Å². The van der Waals surface area contributed by atoms with Crippen LogP contribution in [0.3, 0.4) is 0 Å². The van der Waals surface area contributed by atoms with Crippen LogP contribution in [0, 0.1) is 29.1 Å². The molecule has 0 spiro atoms. The van der Waals surface area contributed by atoms with Crippen LogP contribution in [0.2, 0.25) is 10.0 Å². The number of halogens is 7. The molecule has 4 rings (SSSR count). The van der Waals surface area contributed by atoms with Gasteiger partial charge in [-0.05, 0) is 63.6 Å². The highest BCUT2D eigenvalue weighted by Crippen LogP contribution is 2.76. The Morgan fingerprint density at radius 1 is 0.766 bits per heavy atom. The van der Waals surface area contributed by atoms with E-state index < -0.39 is 78.1 Å². The summed E-state index contributed by atoms with van der Waals surface area (Å²) in [5.41, 5.74) is -0.360. The van der Waals surface area contributed by atoms with Crippen molar-refractivity contribution in [3.63, 3.8) is 0 Å². The lowest BCUT2D eigenvalue weighted by atomic mass is 10.0. The van der Waals surface area contributed by atoms with Gasteiger partial charge in [-0.3, -0.25) is 9.59 Å². The van der Waals surface area contributed by atoms with E-state index >= 15 is 0 Å². The SMILES string of the molecule is CCOOP(=O)(OOCC)[N+](C)(C1CCN(C(=O)[C@H](Cc2ccc(OCc3c(Cl)cccc3Cl)cc2)NC(=O)C=Cc2c(F)c(F)c(F)c(F)c2F)CC1)P(=O)(OOCC)OOCC. The van der Waals surface area contributed by atoms with E-state index in [1.165, 1.54) is 32.6 Å². The van der Waals surface area contributed by atoms with Crippen LogP contribution in [-0.2, 0) is 70.0 Å². The van der Waals surface area contributed by atoms with Crippen molar-refractivity contribution in [3.8, 4) is 5.75 Å². The van der Waals surface area contributed by atoms with Gasteiger partial charge in [0.1, 0.15) is 24.4 Å². The number of ether oxygens (including phenoxy) is 1. The molecule has 1 N–H and O–H groups in total. The number of amides is 2. The topological polar surface area (TPSA) is 167 Å². The summed E-state index contributed by atoms with van der Waals surface area (Å²) in [5, 5.41) is 3.23. The highest BCUT2D eigenvalue weighted by atomic mass is 35.5. The molecular formula is C39H47Cl2F5N3O13P2+. The maximum Gasteiger partial charge on any atom is 0.593 e. The molecule has 1 atom stereocenters. The Kier molecular flexibility index (Phi) is 20.2. The van der Waals surface area contributed by atoms with E-state index in [9.17, 15) is 40.7 Å². The van der Waals surface area contributed by atoms with Crippen LogP contribution in [0.5, 0.6) is 5.75 Å². The quantitative estimate of drug-likeness (QED) is 0.0172. The molecule has 354 valence electrons. The van der Waals surface area contributed by atoms with E-state index in [1.54, 1.807) is 42.5 Å². The lowest BCUT2D eigenvalue weighted by Crippen LogP contribution is -2.56. The molecule has 3 aromatic rings. The fourth-order valence-electron chi connectivity index (χ4n) is 6.23. The standard InChI is InChI=1S/C39H46Cl2F5N3O13P2/c1-6-55-59-63(52,60-56-7-2)49(5,64(53,61-57-8-3)62-58-9-4)26-19-21-48(22-20-26)39(51)32(47-33(50)18-17-28-34(42)36(44)38(46)37(45)35(28)43)23-25-13-15-27(16-14-25)54-24-29-30(40)11-10-12-31(29)41/h10-18,26,32H,6-9,19-24H2,1-5H3/p+1/t32-/m0/s1. The number of hydrogen-bond acceptors (Lipinski definition) is 13. The van der Waals surface area contributed by atoms with Gasteiger partial charge in [-0.15, -0.1) is 4.02 Å². The fourth-order valence-corrected chi connectivity index (χ4v) is 11.0. The van der Waals surface area contributed by atoms with Crippen molar-refractivity contribution in [2.75, 3.05) is 46.6 Å². The van der Waals surface area contributed by atoms with E-state index in [-0.39, 0.29) is 65.4 Å². The second kappa shape index (κ2) is 24.3. The first-order valence-electron chi connectivity index (χ1n) is 19.7. The van der Waals surface area contributed by atoms with Crippen LogP contribution in [-0.4, -0.2) is 79.4 Å². The molecule has 0 unspecified atom stereocenters. The minimum atomic E-state index is -4.95. The third-order valence-electron chi connectivity index (χ3n) is 9.59. The van der Waals surface area contributed by atoms with Gasteiger partial charge in [0.05, 0.1) is 39.0 Å². The Balaban J connectivity index is 1.65. The van der Waals surface area contributed by atoms with Crippen LogP contribution in [0.15, 0.2) is 48.5 Å². The molecule has 0 aliphatic carbocycles. The second-order valence-electron chi connectivity index (χ2n) is 13.6. The number of quaternary nitrogens is 1. The number of carbonyl (C=O) groups is 2. The predicted molar refractivity (Wildman–Crippen MR) is 220 cm³/mol. The number of nitrogens with one attached hydrogen (secondary N) is 1. The van der Waals surface area contributed by atoms with Gasteiger partial charge in [0.25, 0.3) is 0 Å². The van der Waals surface area contributed by atoms with Crippen molar-refractivity contribution in [1.29, 1.82) is 0 Å². The number of nitrogens with zero attached hydrogens (tertiary/aromatic N) is 2. The Morgan fingerprint density at radius 2 is 1.22 bits per heavy atom. The minimum absolute atomic E-state index is 0.0219. The van der Waals surface area contributed by atoms with Crippen LogP contribution >= 0.6 is 38.7 Å². The molecular weight excluding hydrogens is 946 g/mol. The molecule has 1 aliphatic heterocycles. The largest absolute Gasteiger partial charge is 0.593 e. The summed E-state index contributed by atoms with van der Waals surface area (Å²) in [6.07, 6.45) is 0.467. The maximum absolute atomic E-state index is 14.7. The van der Waals surface area contributed by atoms with Gasteiger partial charge in [-0.2, -0.15) is 9.13 Å². The van der Waals surface area contributed by atoms with E-state index in [4.69, 9.17) is 66.2 Å². The summed E-state index contributed by atoms with van der Waals surface area (Å²) in [6.45, 7) is 5.16. The lowest BCUT2D eigenvalue weighted by Gasteiger charge is -2.45. The molecule has 0 bridgehead atoms. The molecule has 16 nitrogen and oxygen atoms in total. The minimum Gasteiger partial charge on any atom is -0.489 e. The maximum atomic E-state index is 14.7. The van der Waals surface area contributed by atoms with Gasteiger partial charge >= 0.3 is 15.5 Å². The van der Waals surface area contributed by atoms with E-state index in [1.807, 2.05) is 0 Å². The molecule has 0 aromatic heterocycles. The highest BCUT2D eigenvalue weighted by molar-refractivity contribution is 7.60. The zero-order valence-corrected chi connectivity index (χ0v) is 38.5. The van der Waals surface area contributed by atoms with Gasteiger partial charge in [0, 0.05) is 54.0 Å². The first kappa shape index (κ1) is 53.1. The molecule has 0 saturated carbocycles. The summed E-state index contributed by atoms with van der Waals surface area (Å²) < 4.78 is 125. The molecule has 25 heteroatoms. The Hall–Kier alpha value is -3.53. The highest BCUT2D eigenvalue weighted by Gasteiger charge is 2.70. The summed E-state index contributed by atoms with van der Waals surface area (Å²) in [6, 6.07) is 8.86.